The molecule has 1 saturated heterocycles. The van der Waals surface area contributed by atoms with Gasteiger partial charge in [-0.05, 0) is 7.05 Å². The fourth-order valence-electron chi connectivity index (χ4n) is 1.84. The van der Waals surface area contributed by atoms with E-state index in [0.29, 0.717) is 13.1 Å². The summed E-state index contributed by atoms with van der Waals surface area (Å²) in [6.07, 6.45) is -4.52. The number of rotatable bonds is 2. The topological polar surface area (TPSA) is 70.3 Å². The maximum absolute atomic E-state index is 12.7. The van der Waals surface area contributed by atoms with Crippen LogP contribution in [0.15, 0.2) is 6.07 Å². The van der Waals surface area contributed by atoms with Crippen molar-refractivity contribution in [2.45, 2.75) is 6.18 Å². The molecule has 1 aromatic rings. The van der Waals surface area contributed by atoms with E-state index < -0.39 is 11.9 Å². The van der Waals surface area contributed by atoms with E-state index in [9.17, 15) is 13.2 Å². The van der Waals surface area contributed by atoms with Crippen LogP contribution < -0.4 is 16.2 Å². The highest BCUT2D eigenvalue weighted by atomic mass is 19.4. The predicted octanol–water partition coefficient (Wildman–Crippen LogP) is 0.533. The molecular weight excluding hydrogens is 261 g/mol. The second-order valence-electron chi connectivity index (χ2n) is 4.37. The van der Waals surface area contributed by atoms with Crippen molar-refractivity contribution < 1.29 is 13.2 Å². The first-order valence-corrected chi connectivity index (χ1v) is 5.76. The van der Waals surface area contributed by atoms with Gasteiger partial charge in [-0.2, -0.15) is 18.2 Å². The van der Waals surface area contributed by atoms with Crippen molar-refractivity contribution in [2.24, 2.45) is 5.84 Å². The Morgan fingerprint density at radius 2 is 1.84 bits per heavy atom. The van der Waals surface area contributed by atoms with E-state index >= 15 is 0 Å². The molecule has 3 N–H and O–H groups in total. The molecular formula is C10H15F3N6. The van der Waals surface area contributed by atoms with Gasteiger partial charge in [0, 0.05) is 32.2 Å². The van der Waals surface area contributed by atoms with E-state index in [0.717, 1.165) is 19.2 Å². The molecule has 0 amide bonds. The van der Waals surface area contributed by atoms with Gasteiger partial charge in [0.25, 0.3) is 0 Å². The first-order valence-electron chi connectivity index (χ1n) is 5.76. The van der Waals surface area contributed by atoms with Gasteiger partial charge in [0.15, 0.2) is 5.69 Å². The third kappa shape index (κ3) is 3.24. The lowest BCUT2D eigenvalue weighted by Crippen LogP contribution is -2.45. The van der Waals surface area contributed by atoms with Crippen molar-refractivity contribution >= 4 is 11.8 Å². The highest BCUT2D eigenvalue weighted by molar-refractivity contribution is 5.45. The van der Waals surface area contributed by atoms with Crippen LogP contribution in [0.4, 0.5) is 24.9 Å². The van der Waals surface area contributed by atoms with Crippen LogP contribution in [-0.2, 0) is 6.18 Å². The van der Waals surface area contributed by atoms with Crippen LogP contribution in [-0.4, -0.2) is 48.1 Å². The second-order valence-corrected chi connectivity index (χ2v) is 4.37. The molecule has 1 aliphatic rings. The fourth-order valence-corrected chi connectivity index (χ4v) is 1.84. The molecule has 1 fully saturated rings. The zero-order valence-corrected chi connectivity index (χ0v) is 10.4. The maximum atomic E-state index is 12.7. The lowest BCUT2D eigenvalue weighted by atomic mass is 10.3. The molecule has 0 bridgehead atoms. The molecule has 0 aromatic carbocycles. The molecule has 2 rings (SSSR count). The van der Waals surface area contributed by atoms with Crippen molar-refractivity contribution in [1.29, 1.82) is 0 Å². The largest absolute Gasteiger partial charge is 0.433 e. The van der Waals surface area contributed by atoms with E-state index in [1.165, 1.54) is 0 Å². The highest BCUT2D eigenvalue weighted by Gasteiger charge is 2.34. The van der Waals surface area contributed by atoms with Crippen LogP contribution in [0, 0.1) is 0 Å². The van der Waals surface area contributed by atoms with Gasteiger partial charge in [-0.25, -0.2) is 10.8 Å². The van der Waals surface area contributed by atoms with Crippen molar-refractivity contribution in [3.05, 3.63) is 11.8 Å². The maximum Gasteiger partial charge on any atom is 0.433 e. The van der Waals surface area contributed by atoms with E-state index in [2.05, 4.69) is 20.3 Å². The van der Waals surface area contributed by atoms with Gasteiger partial charge in [0.2, 0.25) is 5.95 Å². The number of hydrogen-bond donors (Lipinski definition) is 2. The summed E-state index contributed by atoms with van der Waals surface area (Å²) < 4.78 is 38.2. The van der Waals surface area contributed by atoms with Gasteiger partial charge in [-0.15, -0.1) is 0 Å². The monoisotopic (exact) mass is 276 g/mol. The van der Waals surface area contributed by atoms with Gasteiger partial charge < -0.3 is 9.80 Å². The van der Waals surface area contributed by atoms with Gasteiger partial charge in [0.05, 0.1) is 0 Å². The number of nitrogens with one attached hydrogen (secondary N) is 1. The smallest absolute Gasteiger partial charge is 0.354 e. The Balaban J connectivity index is 2.29. The first-order chi connectivity index (χ1) is 8.90. The summed E-state index contributed by atoms with van der Waals surface area (Å²) in [7, 11) is 1.96. The predicted molar refractivity (Wildman–Crippen MR) is 64.6 cm³/mol. The molecule has 0 unspecified atom stereocenters. The van der Waals surface area contributed by atoms with Crippen molar-refractivity contribution in [3.63, 3.8) is 0 Å². The minimum atomic E-state index is -4.52. The standard InChI is InChI=1S/C10H15F3N6/c1-18-2-4-19(5-3-18)8-6-7(10(11,12)13)15-9(16-8)17-14/h6H,2-5,14H2,1H3,(H,15,16,17). The molecule has 2 heterocycles. The minimum absolute atomic E-state index is 0.233. The molecule has 0 atom stereocenters. The summed E-state index contributed by atoms with van der Waals surface area (Å²) >= 11 is 0. The number of hydrogen-bond acceptors (Lipinski definition) is 6. The number of nitrogens with two attached hydrogens (primary N) is 1. The molecule has 0 spiro atoms. The number of nitrogens with zero attached hydrogens (tertiary/aromatic N) is 4. The number of likely N-dealkylation sites (N-methyl/N-ethyl adjacent to an activating group) is 1. The minimum Gasteiger partial charge on any atom is -0.354 e. The molecule has 0 saturated carbocycles. The third-order valence-corrected chi connectivity index (χ3v) is 2.96. The molecule has 1 aromatic heterocycles. The highest BCUT2D eigenvalue weighted by Crippen LogP contribution is 2.30. The number of alkyl halides is 3. The molecule has 0 radical (unpaired) electrons. The lowest BCUT2D eigenvalue weighted by molar-refractivity contribution is -0.141. The summed E-state index contributed by atoms with van der Waals surface area (Å²) in [5, 5.41) is 0. The van der Waals surface area contributed by atoms with Gasteiger partial charge in [0.1, 0.15) is 5.82 Å². The Kier molecular flexibility index (Phi) is 3.76. The van der Waals surface area contributed by atoms with Gasteiger partial charge in [-0.3, -0.25) is 5.43 Å². The van der Waals surface area contributed by atoms with Crippen LogP contribution in [0.1, 0.15) is 5.69 Å². The quantitative estimate of drug-likeness (QED) is 0.606. The summed E-state index contributed by atoms with van der Waals surface area (Å²) in [5.74, 6) is 5.12. The number of piperazine rings is 1. The first kappa shape index (κ1) is 13.8. The Morgan fingerprint density at radius 1 is 1.21 bits per heavy atom. The third-order valence-electron chi connectivity index (χ3n) is 2.96. The van der Waals surface area contributed by atoms with Crippen LogP contribution in [0.3, 0.4) is 0 Å². The van der Waals surface area contributed by atoms with Gasteiger partial charge >= 0.3 is 6.18 Å². The number of nitrogen functional groups attached to an aromatic ring is 1. The van der Waals surface area contributed by atoms with E-state index in [1.807, 2.05) is 7.05 Å². The number of halogens is 3. The van der Waals surface area contributed by atoms with E-state index in [1.54, 1.807) is 4.90 Å². The van der Waals surface area contributed by atoms with Crippen molar-refractivity contribution in [1.82, 2.24) is 14.9 Å². The molecule has 6 nitrogen and oxygen atoms in total. The van der Waals surface area contributed by atoms with Crippen molar-refractivity contribution in [2.75, 3.05) is 43.6 Å². The summed E-state index contributed by atoms with van der Waals surface area (Å²) in [5.41, 5.74) is 1.07. The summed E-state index contributed by atoms with van der Waals surface area (Å²) in [4.78, 5) is 11.2. The second kappa shape index (κ2) is 5.17. The number of aromatic nitrogens is 2. The van der Waals surface area contributed by atoms with Crippen LogP contribution in [0.2, 0.25) is 0 Å². The zero-order valence-electron chi connectivity index (χ0n) is 10.4. The van der Waals surface area contributed by atoms with Crippen LogP contribution in [0.5, 0.6) is 0 Å². The Morgan fingerprint density at radius 3 is 2.37 bits per heavy atom. The van der Waals surface area contributed by atoms with E-state index in [-0.39, 0.29) is 11.8 Å². The average molecular weight is 276 g/mol. The molecule has 19 heavy (non-hydrogen) atoms. The van der Waals surface area contributed by atoms with Gasteiger partial charge in [-0.1, -0.05) is 0 Å². The molecule has 0 aliphatic carbocycles. The summed E-state index contributed by atoms with van der Waals surface area (Å²) in [6.45, 7) is 2.79. The summed E-state index contributed by atoms with van der Waals surface area (Å²) in [6, 6.07) is 0.951. The molecule has 106 valence electrons. The average Bonchev–Trinajstić information content (AvgIpc) is 2.38. The SMILES string of the molecule is CN1CCN(c2cc(C(F)(F)F)nc(NN)n2)CC1. The molecule has 1 aliphatic heterocycles. The normalized spacial score (nSPS) is 17.6. The Bertz CT molecular complexity index is 441. The Hall–Kier alpha value is -1.61. The Labute approximate surface area is 108 Å². The lowest BCUT2D eigenvalue weighted by Gasteiger charge is -2.33. The van der Waals surface area contributed by atoms with Crippen LogP contribution >= 0.6 is 0 Å². The van der Waals surface area contributed by atoms with Crippen LogP contribution in [0.25, 0.3) is 0 Å². The number of hydrazine groups is 1. The zero-order chi connectivity index (χ0) is 14.0. The number of anilines is 2. The van der Waals surface area contributed by atoms with Crippen molar-refractivity contribution in [3.8, 4) is 0 Å². The van der Waals surface area contributed by atoms with E-state index in [4.69, 9.17) is 5.84 Å². The molecule has 9 heteroatoms. The fraction of sp³-hybridized carbons (Fsp3) is 0.600.